The van der Waals surface area contributed by atoms with Gasteiger partial charge in [-0.1, -0.05) is 29.3 Å². The largest absolute Gasteiger partial charge is 0.351 e. The van der Waals surface area contributed by atoms with Gasteiger partial charge in [0.15, 0.2) is 0 Å². The molecule has 0 saturated carbocycles. The fraction of sp³-hybridized carbons (Fsp3) is 0.353. The van der Waals surface area contributed by atoms with Crippen LogP contribution < -0.4 is 5.32 Å². The van der Waals surface area contributed by atoms with Gasteiger partial charge in [-0.15, -0.1) is 11.3 Å². The Bertz CT molecular complexity index is 906. The highest BCUT2D eigenvalue weighted by atomic mass is 35.5. The Labute approximate surface area is 167 Å². The van der Waals surface area contributed by atoms with Crippen LogP contribution in [-0.2, 0) is 27.8 Å². The number of nitrogens with one attached hydrogen (secondary N) is 1. The third-order valence-corrected chi connectivity index (χ3v) is 8.16. The summed E-state index contributed by atoms with van der Waals surface area (Å²) in [7, 11) is -3.41. The van der Waals surface area contributed by atoms with Gasteiger partial charge in [-0.05, 0) is 42.7 Å². The molecule has 2 aromatic rings. The van der Waals surface area contributed by atoms with E-state index >= 15 is 0 Å². The zero-order valence-electron chi connectivity index (χ0n) is 13.9. The highest BCUT2D eigenvalue weighted by Crippen LogP contribution is 2.27. The second-order valence-corrected chi connectivity index (χ2v) is 10.2. The molecule has 0 spiro atoms. The van der Waals surface area contributed by atoms with E-state index in [4.69, 9.17) is 23.2 Å². The van der Waals surface area contributed by atoms with E-state index in [2.05, 4.69) is 5.32 Å². The van der Waals surface area contributed by atoms with Crippen molar-refractivity contribution in [3.8, 4) is 0 Å². The minimum Gasteiger partial charge on any atom is -0.351 e. The molecule has 26 heavy (non-hydrogen) atoms. The number of nitrogens with zero attached hydrogens (tertiary/aromatic N) is 1. The van der Waals surface area contributed by atoms with E-state index in [0.717, 1.165) is 17.7 Å². The van der Waals surface area contributed by atoms with Gasteiger partial charge in [0.25, 0.3) is 10.0 Å². The predicted molar refractivity (Wildman–Crippen MR) is 104 cm³/mol. The van der Waals surface area contributed by atoms with Gasteiger partial charge in [0.05, 0.1) is 13.0 Å². The van der Waals surface area contributed by atoms with Crippen LogP contribution in [0.2, 0.25) is 10.0 Å². The number of rotatable bonds is 6. The lowest BCUT2D eigenvalue weighted by atomic mass is 10.1. The average molecular weight is 433 g/mol. The molecular weight excluding hydrogens is 415 g/mol. The van der Waals surface area contributed by atoms with Gasteiger partial charge in [0, 0.05) is 28.0 Å². The summed E-state index contributed by atoms with van der Waals surface area (Å²) in [6.45, 7) is 1.44. The van der Waals surface area contributed by atoms with Crippen LogP contribution in [0.15, 0.2) is 34.5 Å². The number of hydrogen-bond donors (Lipinski definition) is 1. The molecule has 2 heterocycles. The maximum atomic E-state index is 12.5. The van der Waals surface area contributed by atoms with Crippen molar-refractivity contribution < 1.29 is 13.2 Å². The molecule has 0 radical (unpaired) electrons. The van der Waals surface area contributed by atoms with Gasteiger partial charge >= 0.3 is 0 Å². The number of benzene rings is 1. The van der Waals surface area contributed by atoms with Crippen molar-refractivity contribution >= 4 is 50.5 Å². The van der Waals surface area contributed by atoms with E-state index in [1.54, 1.807) is 30.3 Å². The number of sulfonamides is 1. The smallest absolute Gasteiger partial charge is 0.252 e. The number of thiophene rings is 1. The zero-order valence-corrected chi connectivity index (χ0v) is 17.0. The van der Waals surface area contributed by atoms with Crippen LogP contribution in [0, 0.1) is 0 Å². The molecule has 1 fully saturated rings. The van der Waals surface area contributed by atoms with E-state index in [-0.39, 0.29) is 18.9 Å². The molecule has 0 atom stereocenters. The molecule has 1 aliphatic rings. The van der Waals surface area contributed by atoms with E-state index in [1.165, 1.54) is 15.6 Å². The number of amides is 1. The van der Waals surface area contributed by atoms with Gasteiger partial charge in [-0.3, -0.25) is 4.79 Å². The molecule has 1 saturated heterocycles. The Kier molecular flexibility index (Phi) is 6.25. The molecular formula is C17H18Cl2N2O3S2. The Morgan fingerprint density at radius 3 is 2.58 bits per heavy atom. The minimum atomic E-state index is -3.41. The highest BCUT2D eigenvalue weighted by Gasteiger charge is 2.28. The lowest BCUT2D eigenvalue weighted by molar-refractivity contribution is -0.120. The number of carbonyl (C=O) groups excluding carboxylic acids is 1. The zero-order chi connectivity index (χ0) is 18.7. The van der Waals surface area contributed by atoms with Crippen molar-refractivity contribution in [3.63, 3.8) is 0 Å². The van der Waals surface area contributed by atoms with Crippen molar-refractivity contribution in [2.75, 3.05) is 13.1 Å². The molecule has 3 rings (SSSR count). The third-order valence-electron chi connectivity index (χ3n) is 4.12. The average Bonchev–Trinajstić information content (AvgIpc) is 3.27. The molecule has 0 unspecified atom stereocenters. The molecule has 1 aromatic heterocycles. The van der Waals surface area contributed by atoms with Crippen molar-refractivity contribution in [1.29, 1.82) is 0 Å². The second-order valence-electron chi connectivity index (χ2n) is 6.02. The highest BCUT2D eigenvalue weighted by molar-refractivity contribution is 7.91. The molecule has 9 heteroatoms. The predicted octanol–water partition coefficient (Wildman–Crippen LogP) is 3.70. The molecule has 1 aliphatic heterocycles. The van der Waals surface area contributed by atoms with Crippen molar-refractivity contribution in [2.45, 2.75) is 30.0 Å². The van der Waals surface area contributed by atoms with Crippen LogP contribution in [0.3, 0.4) is 0 Å². The Hall–Kier alpha value is -1.12. The van der Waals surface area contributed by atoms with Crippen LogP contribution in [0.4, 0.5) is 0 Å². The summed E-state index contributed by atoms with van der Waals surface area (Å²) < 4.78 is 26.9. The van der Waals surface area contributed by atoms with Crippen LogP contribution in [0.25, 0.3) is 0 Å². The van der Waals surface area contributed by atoms with E-state index in [1.807, 2.05) is 0 Å². The van der Waals surface area contributed by atoms with Gasteiger partial charge in [0.1, 0.15) is 4.21 Å². The molecule has 1 N–H and O–H groups in total. The quantitative estimate of drug-likeness (QED) is 0.756. The molecule has 0 bridgehead atoms. The first-order valence-electron chi connectivity index (χ1n) is 8.16. The maximum absolute atomic E-state index is 12.5. The summed E-state index contributed by atoms with van der Waals surface area (Å²) >= 11 is 13.1. The normalized spacial score (nSPS) is 15.3. The van der Waals surface area contributed by atoms with Crippen molar-refractivity contribution in [3.05, 3.63) is 50.8 Å². The Morgan fingerprint density at radius 1 is 1.15 bits per heavy atom. The minimum absolute atomic E-state index is 0.139. The van der Waals surface area contributed by atoms with Gasteiger partial charge in [0.2, 0.25) is 5.91 Å². The Balaban J connectivity index is 1.58. The fourth-order valence-corrected chi connectivity index (χ4v) is 6.18. The van der Waals surface area contributed by atoms with E-state index < -0.39 is 10.0 Å². The van der Waals surface area contributed by atoms with Gasteiger partial charge in [-0.25, -0.2) is 8.42 Å². The molecule has 140 valence electrons. The van der Waals surface area contributed by atoms with Crippen LogP contribution >= 0.6 is 34.5 Å². The number of carbonyl (C=O) groups is 1. The summed E-state index contributed by atoms with van der Waals surface area (Å²) in [5.74, 6) is -0.188. The SMILES string of the molecule is O=C(Cc1ccc(Cl)cc1Cl)NCc1ccc(S(=O)(=O)N2CCCC2)s1. The molecule has 1 amide bonds. The number of hydrogen-bond acceptors (Lipinski definition) is 4. The topological polar surface area (TPSA) is 66.5 Å². The van der Waals surface area contributed by atoms with Gasteiger partial charge < -0.3 is 5.32 Å². The summed E-state index contributed by atoms with van der Waals surface area (Å²) in [5.41, 5.74) is 0.692. The molecule has 0 aliphatic carbocycles. The summed E-state index contributed by atoms with van der Waals surface area (Å²) in [6.07, 6.45) is 1.95. The van der Waals surface area contributed by atoms with E-state index in [9.17, 15) is 13.2 Å². The molecule has 1 aromatic carbocycles. The second kappa shape index (κ2) is 8.27. The fourth-order valence-electron chi connectivity index (χ4n) is 2.73. The first-order valence-corrected chi connectivity index (χ1v) is 11.2. The maximum Gasteiger partial charge on any atom is 0.252 e. The van der Waals surface area contributed by atoms with Crippen molar-refractivity contribution in [2.24, 2.45) is 0 Å². The standard InChI is InChI=1S/C17H18Cl2N2O3S2/c18-13-4-3-12(15(19)10-13)9-16(22)20-11-14-5-6-17(25-14)26(23,24)21-7-1-2-8-21/h3-6,10H,1-2,7-9,11H2,(H,20,22). The third kappa shape index (κ3) is 4.58. The van der Waals surface area contributed by atoms with Crippen molar-refractivity contribution in [1.82, 2.24) is 9.62 Å². The first kappa shape index (κ1) is 19.6. The monoisotopic (exact) mass is 432 g/mol. The summed E-state index contributed by atoms with van der Waals surface area (Å²) in [4.78, 5) is 12.9. The van der Waals surface area contributed by atoms with Crippen LogP contribution in [-0.4, -0.2) is 31.7 Å². The lowest BCUT2D eigenvalue weighted by Crippen LogP contribution is -2.27. The first-order chi connectivity index (χ1) is 12.4. The summed E-state index contributed by atoms with van der Waals surface area (Å²) in [5, 5.41) is 3.76. The van der Waals surface area contributed by atoms with Crippen LogP contribution in [0.5, 0.6) is 0 Å². The lowest BCUT2D eigenvalue weighted by Gasteiger charge is -2.13. The Morgan fingerprint density at radius 2 is 1.88 bits per heavy atom. The van der Waals surface area contributed by atoms with Crippen LogP contribution in [0.1, 0.15) is 23.3 Å². The van der Waals surface area contributed by atoms with Gasteiger partial charge in [-0.2, -0.15) is 4.31 Å². The summed E-state index contributed by atoms with van der Waals surface area (Å²) in [6, 6.07) is 8.35. The number of halogens is 2. The van der Waals surface area contributed by atoms with E-state index in [0.29, 0.717) is 32.9 Å². The molecule has 5 nitrogen and oxygen atoms in total.